The third-order valence-corrected chi connectivity index (χ3v) is 6.47. The summed E-state index contributed by atoms with van der Waals surface area (Å²) in [6, 6.07) is 0. The molecular formula is C12H22F6N2O4S2. The van der Waals surface area contributed by atoms with Gasteiger partial charge in [-0.3, -0.25) is 0 Å². The lowest BCUT2D eigenvalue weighted by Crippen LogP contribution is -2.41. The molecule has 1 rings (SSSR count). The number of rotatable bonds is 6. The van der Waals surface area contributed by atoms with Gasteiger partial charge >= 0.3 is 11.0 Å². The summed E-state index contributed by atoms with van der Waals surface area (Å²) in [7, 11) is -11.0. The molecule has 1 aliphatic rings. The van der Waals surface area contributed by atoms with Gasteiger partial charge in [0.05, 0.1) is 26.7 Å². The molecule has 0 bridgehead atoms. The van der Waals surface area contributed by atoms with Crippen molar-refractivity contribution in [2.45, 2.75) is 50.0 Å². The fourth-order valence-electron chi connectivity index (χ4n) is 2.28. The number of quaternary nitrogens is 1. The number of nitrogens with zero attached hydrogens (tertiary/aromatic N) is 2. The van der Waals surface area contributed by atoms with E-state index in [0.29, 0.717) is 0 Å². The Kier molecular flexibility index (Phi) is 8.85. The Hall–Kier alpha value is -0.600. The number of likely N-dealkylation sites (tertiary alicyclic amines) is 1. The highest BCUT2D eigenvalue weighted by atomic mass is 32.3. The largest absolute Gasteiger partial charge is 0.480 e. The van der Waals surface area contributed by atoms with Gasteiger partial charge in [-0.05, 0) is 12.8 Å². The minimum atomic E-state index is -6.72. The Labute approximate surface area is 149 Å². The average molecular weight is 436 g/mol. The summed E-state index contributed by atoms with van der Waals surface area (Å²) in [5, 5.41) is 0. The van der Waals surface area contributed by atoms with Gasteiger partial charge in [0.2, 0.25) is 0 Å². The molecule has 1 heterocycles. The minimum absolute atomic E-state index is 0.778. The molecule has 0 aliphatic carbocycles. The maximum absolute atomic E-state index is 11.4. The van der Waals surface area contributed by atoms with E-state index in [1.54, 1.807) is 0 Å². The maximum atomic E-state index is 11.4. The molecule has 0 atom stereocenters. The van der Waals surface area contributed by atoms with Crippen LogP contribution in [0.5, 0.6) is 0 Å². The summed E-state index contributed by atoms with van der Waals surface area (Å²) in [5.41, 5.74) is -12.4. The highest BCUT2D eigenvalue weighted by Crippen LogP contribution is 2.36. The van der Waals surface area contributed by atoms with Crippen molar-refractivity contribution >= 4 is 20.0 Å². The van der Waals surface area contributed by atoms with Crippen molar-refractivity contribution in [3.05, 3.63) is 4.13 Å². The molecule has 1 aliphatic heterocycles. The third kappa shape index (κ3) is 7.96. The quantitative estimate of drug-likeness (QED) is 0.363. The van der Waals surface area contributed by atoms with Crippen molar-refractivity contribution < 1.29 is 47.7 Å². The van der Waals surface area contributed by atoms with Gasteiger partial charge < -0.3 is 8.61 Å². The summed E-state index contributed by atoms with van der Waals surface area (Å²) in [6.45, 7) is 6.57. The molecule has 0 saturated carbocycles. The van der Waals surface area contributed by atoms with Crippen molar-refractivity contribution in [1.29, 1.82) is 0 Å². The van der Waals surface area contributed by atoms with Gasteiger partial charge in [-0.1, -0.05) is 13.3 Å². The second kappa shape index (κ2) is 9.06. The van der Waals surface area contributed by atoms with Crippen LogP contribution in [0.3, 0.4) is 0 Å². The van der Waals surface area contributed by atoms with Gasteiger partial charge in [0.25, 0.3) is 0 Å². The number of unbranched alkanes of at least 4 members (excludes halogenated alkanes) is 2. The molecule has 14 heteroatoms. The zero-order chi connectivity index (χ0) is 20.9. The summed E-state index contributed by atoms with van der Waals surface area (Å²) >= 11 is 0. The van der Waals surface area contributed by atoms with E-state index >= 15 is 0 Å². The van der Waals surface area contributed by atoms with Crippen LogP contribution in [0.15, 0.2) is 0 Å². The molecule has 1 saturated heterocycles. The molecule has 158 valence electrons. The van der Waals surface area contributed by atoms with E-state index in [2.05, 4.69) is 14.0 Å². The number of hydrogen-bond donors (Lipinski definition) is 0. The summed E-state index contributed by atoms with van der Waals surface area (Å²) in [6.07, 6.45) is 7.14. The Morgan fingerprint density at radius 2 is 1.23 bits per heavy atom. The lowest BCUT2D eigenvalue weighted by atomic mass is 10.2. The second-order valence-electron chi connectivity index (χ2n) is 6.12. The Morgan fingerprint density at radius 1 is 0.846 bits per heavy atom. The van der Waals surface area contributed by atoms with Crippen LogP contribution >= 0.6 is 0 Å². The van der Waals surface area contributed by atoms with E-state index in [-0.39, 0.29) is 0 Å². The Balaban J connectivity index is 0.000000502. The molecule has 0 spiro atoms. The number of sulfonamides is 2. The van der Waals surface area contributed by atoms with Crippen LogP contribution in [-0.4, -0.2) is 59.0 Å². The molecule has 0 aromatic rings. The SMILES string of the molecule is CCCCC[N+]1(C)CCCC1.O=S(=O)([N-]S(=O)(=O)C(F)(F)F)C(F)(F)F. The van der Waals surface area contributed by atoms with E-state index in [4.69, 9.17) is 0 Å². The van der Waals surface area contributed by atoms with Gasteiger partial charge in [0, 0.05) is 12.8 Å². The first kappa shape index (κ1) is 25.4. The molecule has 0 aromatic carbocycles. The predicted molar refractivity (Wildman–Crippen MR) is 82.9 cm³/mol. The first-order valence-electron chi connectivity index (χ1n) is 7.68. The van der Waals surface area contributed by atoms with Crippen LogP contribution in [-0.2, 0) is 20.0 Å². The monoisotopic (exact) mass is 436 g/mol. The number of halogens is 6. The van der Waals surface area contributed by atoms with Crippen LogP contribution in [0.4, 0.5) is 26.3 Å². The summed E-state index contributed by atoms with van der Waals surface area (Å²) < 4.78 is 111. The fourth-order valence-corrected chi connectivity index (χ4v) is 3.99. The van der Waals surface area contributed by atoms with Crippen molar-refractivity contribution in [2.75, 3.05) is 26.7 Å². The van der Waals surface area contributed by atoms with Crippen molar-refractivity contribution in [2.24, 2.45) is 0 Å². The zero-order valence-electron chi connectivity index (χ0n) is 14.3. The normalized spacial score (nSPS) is 18.3. The third-order valence-electron chi connectivity index (χ3n) is 3.73. The molecule has 26 heavy (non-hydrogen) atoms. The predicted octanol–water partition coefficient (Wildman–Crippen LogP) is 3.48. The number of alkyl halides is 6. The standard InChI is InChI=1S/C10H22N.C2F6NO4S2/c1-3-4-5-8-11(2)9-6-7-10-11;3-1(4,5)14(10,11)9-15(12,13)2(6,7)8/h3-10H2,1-2H3;/q+1;-1. The molecular weight excluding hydrogens is 414 g/mol. The van der Waals surface area contributed by atoms with E-state index in [1.165, 1.54) is 56.2 Å². The number of hydrogen-bond acceptors (Lipinski definition) is 4. The molecule has 0 N–H and O–H groups in total. The van der Waals surface area contributed by atoms with Crippen molar-refractivity contribution in [1.82, 2.24) is 0 Å². The van der Waals surface area contributed by atoms with Crippen molar-refractivity contribution in [3.8, 4) is 0 Å². The van der Waals surface area contributed by atoms with Gasteiger partial charge in [0.1, 0.15) is 0 Å². The molecule has 0 radical (unpaired) electrons. The highest BCUT2D eigenvalue weighted by molar-refractivity contribution is 8.13. The van der Waals surface area contributed by atoms with E-state index < -0.39 is 31.1 Å². The smallest absolute Gasteiger partial charge is 0.421 e. The second-order valence-corrected chi connectivity index (χ2v) is 9.54. The van der Waals surface area contributed by atoms with Crippen LogP contribution < -0.4 is 0 Å². The van der Waals surface area contributed by atoms with Gasteiger partial charge in [-0.25, -0.2) is 16.8 Å². The summed E-state index contributed by atoms with van der Waals surface area (Å²) in [4.78, 5) is 0. The van der Waals surface area contributed by atoms with Gasteiger partial charge in [-0.15, -0.1) is 0 Å². The highest BCUT2D eigenvalue weighted by Gasteiger charge is 2.46. The Morgan fingerprint density at radius 3 is 1.54 bits per heavy atom. The molecule has 6 nitrogen and oxygen atoms in total. The van der Waals surface area contributed by atoms with E-state index in [1.807, 2.05) is 0 Å². The maximum Gasteiger partial charge on any atom is 0.480 e. The van der Waals surface area contributed by atoms with Gasteiger partial charge in [0.15, 0.2) is 20.0 Å². The Bertz CT molecular complexity index is 596. The van der Waals surface area contributed by atoms with Crippen LogP contribution in [0, 0.1) is 0 Å². The van der Waals surface area contributed by atoms with E-state index in [0.717, 1.165) is 4.13 Å². The lowest BCUT2D eigenvalue weighted by molar-refractivity contribution is -0.897. The molecule has 0 aromatic heterocycles. The van der Waals surface area contributed by atoms with Crippen LogP contribution in [0.2, 0.25) is 0 Å². The van der Waals surface area contributed by atoms with Crippen molar-refractivity contribution in [3.63, 3.8) is 0 Å². The van der Waals surface area contributed by atoms with Gasteiger partial charge in [-0.2, -0.15) is 26.3 Å². The lowest BCUT2D eigenvalue weighted by Gasteiger charge is -2.28. The van der Waals surface area contributed by atoms with E-state index in [9.17, 15) is 43.2 Å². The molecule has 0 amide bonds. The first-order chi connectivity index (χ1) is 11.5. The fraction of sp³-hybridized carbons (Fsp3) is 1.00. The van der Waals surface area contributed by atoms with Crippen LogP contribution in [0.1, 0.15) is 39.0 Å². The average Bonchev–Trinajstić information content (AvgIpc) is 2.83. The minimum Gasteiger partial charge on any atom is -0.421 e. The molecule has 1 fully saturated rings. The first-order valence-corrected chi connectivity index (χ1v) is 10.6. The topological polar surface area (TPSA) is 82.4 Å². The zero-order valence-corrected chi connectivity index (χ0v) is 15.9. The van der Waals surface area contributed by atoms with Crippen LogP contribution in [0.25, 0.3) is 4.13 Å². The summed E-state index contributed by atoms with van der Waals surface area (Å²) in [5.74, 6) is 0. The molecule has 0 unspecified atom stereocenters.